The molecule has 1 saturated heterocycles. The number of nitrogens with one attached hydrogen (secondary N) is 1. The quantitative estimate of drug-likeness (QED) is 0.571. The van der Waals surface area contributed by atoms with Gasteiger partial charge >= 0.3 is 0 Å². The molecule has 1 fully saturated rings. The van der Waals surface area contributed by atoms with E-state index in [2.05, 4.69) is 12.2 Å². The Morgan fingerprint density at radius 1 is 1.35 bits per heavy atom. The van der Waals surface area contributed by atoms with E-state index in [1.807, 2.05) is 0 Å². The number of piperazine rings is 1. The predicted molar refractivity (Wildman–Crippen MR) is 63.1 cm³/mol. The molecular formula is C12H20N2O3. The zero-order chi connectivity index (χ0) is 12.8. The first-order valence-electron chi connectivity index (χ1n) is 6.19. The van der Waals surface area contributed by atoms with Gasteiger partial charge in [0.15, 0.2) is 0 Å². The molecule has 0 radical (unpaired) electrons. The highest BCUT2D eigenvalue weighted by atomic mass is 16.2. The lowest BCUT2D eigenvalue weighted by molar-refractivity contribution is -0.149. The van der Waals surface area contributed by atoms with Gasteiger partial charge in [-0.15, -0.1) is 0 Å². The number of carbonyl (C=O) groups is 3. The highest BCUT2D eigenvalue weighted by Crippen LogP contribution is 2.10. The molecule has 1 rings (SSSR count). The molecule has 1 heterocycles. The minimum Gasteiger partial charge on any atom is -0.322 e. The lowest BCUT2D eigenvalue weighted by Gasteiger charge is -2.31. The molecule has 3 amide bonds. The molecule has 5 heteroatoms. The average molecular weight is 240 g/mol. The van der Waals surface area contributed by atoms with Crippen LogP contribution in [-0.4, -0.2) is 35.2 Å². The predicted octanol–water partition coefficient (Wildman–Crippen LogP) is 0.830. The van der Waals surface area contributed by atoms with Gasteiger partial charge in [0.05, 0.1) is 0 Å². The lowest BCUT2D eigenvalue weighted by Crippen LogP contribution is -2.58. The number of rotatable bonds is 5. The second-order valence-corrected chi connectivity index (χ2v) is 4.42. The summed E-state index contributed by atoms with van der Waals surface area (Å²) >= 11 is 0. The Labute approximate surface area is 102 Å². The second-order valence-electron chi connectivity index (χ2n) is 4.42. The van der Waals surface area contributed by atoms with Gasteiger partial charge in [0.1, 0.15) is 12.6 Å². The van der Waals surface area contributed by atoms with Crippen LogP contribution in [0.4, 0.5) is 0 Å². The maximum Gasteiger partial charge on any atom is 0.249 e. The maximum atomic E-state index is 11.9. The molecule has 0 spiro atoms. The third-order valence-corrected chi connectivity index (χ3v) is 2.99. The largest absolute Gasteiger partial charge is 0.322 e. The van der Waals surface area contributed by atoms with E-state index in [9.17, 15) is 14.4 Å². The van der Waals surface area contributed by atoms with Gasteiger partial charge in [-0.1, -0.05) is 26.2 Å². The second kappa shape index (κ2) is 6.37. The summed E-state index contributed by atoms with van der Waals surface area (Å²) in [6.45, 7) is 3.75. The van der Waals surface area contributed by atoms with Gasteiger partial charge < -0.3 is 4.90 Å². The third kappa shape index (κ3) is 3.84. The van der Waals surface area contributed by atoms with E-state index in [0.717, 1.165) is 25.7 Å². The van der Waals surface area contributed by atoms with Crippen LogP contribution < -0.4 is 5.32 Å². The first-order valence-corrected chi connectivity index (χ1v) is 6.19. The van der Waals surface area contributed by atoms with Crippen LogP contribution in [0.3, 0.4) is 0 Å². The van der Waals surface area contributed by atoms with E-state index in [0.29, 0.717) is 6.42 Å². The SMILES string of the molecule is CCCCCCC(=O)N1CC(=O)NC(=O)C1C. The van der Waals surface area contributed by atoms with Crippen LogP contribution >= 0.6 is 0 Å². The van der Waals surface area contributed by atoms with E-state index >= 15 is 0 Å². The number of amides is 3. The summed E-state index contributed by atoms with van der Waals surface area (Å²) in [6, 6.07) is -0.536. The molecule has 1 atom stereocenters. The lowest BCUT2D eigenvalue weighted by atomic mass is 10.1. The van der Waals surface area contributed by atoms with Crippen molar-refractivity contribution < 1.29 is 14.4 Å². The third-order valence-electron chi connectivity index (χ3n) is 2.99. The number of carbonyl (C=O) groups excluding carboxylic acids is 3. The van der Waals surface area contributed by atoms with Crippen molar-refractivity contribution in [2.75, 3.05) is 6.54 Å². The van der Waals surface area contributed by atoms with Crippen molar-refractivity contribution in [3.63, 3.8) is 0 Å². The molecule has 0 aromatic rings. The van der Waals surface area contributed by atoms with Crippen LogP contribution in [0.15, 0.2) is 0 Å². The first kappa shape index (κ1) is 13.7. The van der Waals surface area contributed by atoms with Gasteiger partial charge in [0, 0.05) is 6.42 Å². The van der Waals surface area contributed by atoms with Crippen molar-refractivity contribution in [2.24, 2.45) is 0 Å². The number of hydrogen-bond acceptors (Lipinski definition) is 3. The van der Waals surface area contributed by atoms with E-state index in [1.165, 1.54) is 4.90 Å². The molecule has 96 valence electrons. The topological polar surface area (TPSA) is 66.5 Å². The molecule has 1 N–H and O–H groups in total. The van der Waals surface area contributed by atoms with Crippen molar-refractivity contribution in [1.29, 1.82) is 0 Å². The van der Waals surface area contributed by atoms with Crippen LogP contribution in [0.1, 0.15) is 46.0 Å². The summed E-state index contributed by atoms with van der Waals surface area (Å²) in [7, 11) is 0. The number of hydrogen-bond donors (Lipinski definition) is 1. The smallest absolute Gasteiger partial charge is 0.249 e. The van der Waals surface area contributed by atoms with E-state index < -0.39 is 11.9 Å². The first-order chi connectivity index (χ1) is 8.06. The van der Waals surface area contributed by atoms with Crippen LogP contribution in [-0.2, 0) is 14.4 Å². The summed E-state index contributed by atoms with van der Waals surface area (Å²) in [4.78, 5) is 35.8. The van der Waals surface area contributed by atoms with Crippen molar-refractivity contribution >= 4 is 17.7 Å². The molecular weight excluding hydrogens is 220 g/mol. The molecule has 0 saturated carbocycles. The summed E-state index contributed by atoms with van der Waals surface area (Å²) in [6.07, 6.45) is 4.50. The standard InChI is InChI=1S/C12H20N2O3/c1-3-4-5-6-7-11(16)14-8-10(15)13-12(17)9(14)2/h9H,3-8H2,1-2H3,(H,13,15,17). The van der Waals surface area contributed by atoms with Gasteiger partial charge in [-0.25, -0.2) is 0 Å². The van der Waals surface area contributed by atoms with Crippen LogP contribution in [0.25, 0.3) is 0 Å². The Kier molecular flexibility index (Phi) is 5.12. The zero-order valence-corrected chi connectivity index (χ0v) is 10.5. The normalized spacial score (nSPS) is 20.4. The summed E-state index contributed by atoms with van der Waals surface area (Å²) < 4.78 is 0. The zero-order valence-electron chi connectivity index (χ0n) is 10.5. The highest BCUT2D eigenvalue weighted by Gasteiger charge is 2.32. The minimum absolute atomic E-state index is 0.000478. The fraction of sp³-hybridized carbons (Fsp3) is 0.750. The monoisotopic (exact) mass is 240 g/mol. The van der Waals surface area contributed by atoms with Gasteiger partial charge in [0.25, 0.3) is 0 Å². The Morgan fingerprint density at radius 2 is 2.06 bits per heavy atom. The molecule has 0 aliphatic carbocycles. The Balaban J connectivity index is 2.44. The van der Waals surface area contributed by atoms with E-state index in [-0.39, 0.29) is 18.4 Å². The van der Waals surface area contributed by atoms with Gasteiger partial charge in [-0.05, 0) is 13.3 Å². The van der Waals surface area contributed by atoms with Crippen molar-refractivity contribution in [1.82, 2.24) is 10.2 Å². The minimum atomic E-state index is -0.536. The summed E-state index contributed by atoms with van der Waals surface area (Å²) in [5.74, 6) is -0.880. The van der Waals surface area contributed by atoms with E-state index in [1.54, 1.807) is 6.92 Å². The van der Waals surface area contributed by atoms with E-state index in [4.69, 9.17) is 0 Å². The molecule has 0 aromatic carbocycles. The molecule has 0 bridgehead atoms. The van der Waals surface area contributed by atoms with Gasteiger partial charge in [0.2, 0.25) is 17.7 Å². The molecule has 1 aliphatic rings. The fourth-order valence-corrected chi connectivity index (χ4v) is 1.87. The van der Waals surface area contributed by atoms with Crippen molar-refractivity contribution in [2.45, 2.75) is 52.0 Å². The Hall–Kier alpha value is -1.39. The molecule has 5 nitrogen and oxygen atoms in total. The highest BCUT2D eigenvalue weighted by molar-refractivity contribution is 6.04. The number of unbranched alkanes of at least 4 members (excludes halogenated alkanes) is 3. The van der Waals surface area contributed by atoms with Crippen molar-refractivity contribution in [3.8, 4) is 0 Å². The van der Waals surface area contributed by atoms with Crippen molar-refractivity contribution in [3.05, 3.63) is 0 Å². The Morgan fingerprint density at radius 3 is 2.71 bits per heavy atom. The van der Waals surface area contributed by atoms with Crippen LogP contribution in [0, 0.1) is 0 Å². The maximum absolute atomic E-state index is 11.9. The Bertz CT molecular complexity index is 315. The molecule has 0 aromatic heterocycles. The van der Waals surface area contributed by atoms with Crippen LogP contribution in [0.2, 0.25) is 0 Å². The van der Waals surface area contributed by atoms with Gasteiger partial charge in [-0.3, -0.25) is 19.7 Å². The van der Waals surface area contributed by atoms with Crippen LogP contribution in [0.5, 0.6) is 0 Å². The molecule has 1 unspecified atom stereocenters. The fourth-order valence-electron chi connectivity index (χ4n) is 1.87. The summed E-state index contributed by atoms with van der Waals surface area (Å²) in [5, 5.41) is 2.22. The average Bonchev–Trinajstić information content (AvgIpc) is 2.29. The summed E-state index contributed by atoms with van der Waals surface area (Å²) in [5.41, 5.74) is 0. The number of imide groups is 1. The van der Waals surface area contributed by atoms with Gasteiger partial charge in [-0.2, -0.15) is 0 Å². The molecule has 17 heavy (non-hydrogen) atoms. The molecule has 1 aliphatic heterocycles. The number of nitrogens with zero attached hydrogens (tertiary/aromatic N) is 1.